The monoisotopic (exact) mass is 278 g/mol. The Morgan fingerprint density at radius 1 is 1.35 bits per heavy atom. The number of benzene rings is 1. The first-order chi connectivity index (χ1) is 9.40. The molecule has 20 heavy (non-hydrogen) atoms. The minimum Gasteiger partial charge on any atom is -0.374 e. The summed E-state index contributed by atoms with van der Waals surface area (Å²) >= 11 is 0. The number of rotatable bonds is 3. The van der Waals surface area contributed by atoms with Crippen LogP contribution in [0, 0.1) is 5.82 Å². The maximum absolute atomic E-state index is 13.9. The molecule has 0 spiro atoms. The van der Waals surface area contributed by atoms with Crippen LogP contribution in [0.5, 0.6) is 0 Å². The number of amides is 2. The van der Waals surface area contributed by atoms with Crippen LogP contribution in [0.4, 0.5) is 10.1 Å². The number of imide groups is 1. The van der Waals surface area contributed by atoms with Crippen LogP contribution in [0.15, 0.2) is 18.2 Å². The van der Waals surface area contributed by atoms with Gasteiger partial charge in [-0.3, -0.25) is 14.5 Å². The van der Waals surface area contributed by atoms with Crippen molar-refractivity contribution in [2.75, 3.05) is 12.4 Å². The topological polar surface area (TPSA) is 49.4 Å². The number of piperidine rings is 1. The van der Waals surface area contributed by atoms with Gasteiger partial charge in [0.1, 0.15) is 11.9 Å². The van der Waals surface area contributed by atoms with Gasteiger partial charge in [-0.2, -0.15) is 0 Å². The molecule has 1 aromatic carbocycles. The Hall–Kier alpha value is -1.91. The molecular weight excluding hydrogens is 259 g/mol. The molecule has 1 fully saturated rings. The molecule has 2 amide bonds. The third-order valence-electron chi connectivity index (χ3n) is 3.61. The van der Waals surface area contributed by atoms with Gasteiger partial charge in [0.25, 0.3) is 5.91 Å². The molecule has 1 aliphatic rings. The van der Waals surface area contributed by atoms with Crippen molar-refractivity contribution in [1.29, 1.82) is 0 Å². The van der Waals surface area contributed by atoms with Crippen LogP contribution >= 0.6 is 0 Å². The smallest absolute Gasteiger partial charge is 0.251 e. The quantitative estimate of drug-likeness (QED) is 0.864. The lowest BCUT2D eigenvalue weighted by Gasteiger charge is -2.28. The molecule has 0 aliphatic carbocycles. The summed E-state index contributed by atoms with van der Waals surface area (Å²) in [5, 5.41) is 3.01. The summed E-state index contributed by atoms with van der Waals surface area (Å²) < 4.78 is 13.9. The van der Waals surface area contributed by atoms with Crippen molar-refractivity contribution in [3.63, 3.8) is 0 Å². The molecule has 1 saturated heterocycles. The lowest BCUT2D eigenvalue weighted by atomic mass is 10.0. The van der Waals surface area contributed by atoms with Gasteiger partial charge in [-0.25, -0.2) is 4.39 Å². The predicted octanol–water partition coefficient (Wildman–Crippen LogP) is 2.51. The van der Waals surface area contributed by atoms with E-state index in [1.807, 2.05) is 13.8 Å². The minimum absolute atomic E-state index is 0.115. The number of anilines is 1. The summed E-state index contributed by atoms with van der Waals surface area (Å²) in [6, 6.07) is 4.42. The number of carbonyl (C=O) groups excluding carboxylic acids is 2. The number of hydrogen-bond donors (Lipinski definition) is 1. The number of likely N-dealkylation sites (tertiary alicyclic amines) is 1. The van der Waals surface area contributed by atoms with Crippen LogP contribution in [0.3, 0.4) is 0 Å². The first-order valence-electron chi connectivity index (χ1n) is 6.76. The average molecular weight is 278 g/mol. The first kappa shape index (κ1) is 14.5. The second kappa shape index (κ2) is 5.61. The normalized spacial score (nSPS) is 19.6. The molecule has 1 atom stereocenters. The molecule has 1 unspecified atom stereocenters. The minimum atomic E-state index is -0.470. The standard InChI is InChI=1S/C15H19FN2O2/c1-9(2)11-5-4-10(8-12(11)16)17-13-6-7-14(19)18(3)15(13)20/h4-5,8-9,13,17H,6-7H2,1-3H3. The lowest BCUT2D eigenvalue weighted by molar-refractivity contribution is -0.146. The third-order valence-corrected chi connectivity index (χ3v) is 3.61. The Kier molecular flexibility index (Phi) is 4.06. The molecule has 0 aromatic heterocycles. The Morgan fingerprint density at radius 3 is 2.65 bits per heavy atom. The second-order valence-corrected chi connectivity index (χ2v) is 5.42. The molecule has 5 heteroatoms. The Labute approximate surface area is 118 Å². The highest BCUT2D eigenvalue weighted by molar-refractivity contribution is 6.01. The fourth-order valence-electron chi connectivity index (χ4n) is 2.34. The fraction of sp³-hybridized carbons (Fsp3) is 0.467. The summed E-state index contributed by atoms with van der Waals surface area (Å²) in [6.45, 7) is 3.85. The van der Waals surface area contributed by atoms with Gasteiger partial charge < -0.3 is 5.32 Å². The molecule has 1 heterocycles. The fourth-order valence-corrected chi connectivity index (χ4v) is 2.34. The van der Waals surface area contributed by atoms with Crippen LogP contribution in [0.1, 0.15) is 38.2 Å². The van der Waals surface area contributed by atoms with Crippen molar-refractivity contribution in [3.8, 4) is 0 Å². The Morgan fingerprint density at radius 2 is 2.05 bits per heavy atom. The van der Waals surface area contributed by atoms with E-state index in [-0.39, 0.29) is 23.5 Å². The van der Waals surface area contributed by atoms with Crippen LogP contribution in [-0.4, -0.2) is 29.8 Å². The van der Waals surface area contributed by atoms with Gasteiger partial charge in [-0.05, 0) is 30.0 Å². The maximum atomic E-state index is 13.9. The van der Waals surface area contributed by atoms with E-state index < -0.39 is 6.04 Å². The van der Waals surface area contributed by atoms with Crippen LogP contribution in [-0.2, 0) is 9.59 Å². The summed E-state index contributed by atoms with van der Waals surface area (Å²) in [6.07, 6.45) is 0.766. The highest BCUT2D eigenvalue weighted by Gasteiger charge is 2.31. The van der Waals surface area contributed by atoms with Crippen molar-refractivity contribution in [2.45, 2.75) is 38.6 Å². The van der Waals surface area contributed by atoms with Crippen molar-refractivity contribution in [2.24, 2.45) is 0 Å². The van der Waals surface area contributed by atoms with E-state index in [2.05, 4.69) is 5.32 Å². The van der Waals surface area contributed by atoms with E-state index in [4.69, 9.17) is 0 Å². The zero-order valence-corrected chi connectivity index (χ0v) is 11.9. The number of likely N-dealkylation sites (N-methyl/N-ethyl adjacent to an activating group) is 1. The van der Waals surface area contributed by atoms with Crippen molar-refractivity contribution in [1.82, 2.24) is 4.90 Å². The van der Waals surface area contributed by atoms with Gasteiger partial charge in [-0.15, -0.1) is 0 Å². The van der Waals surface area contributed by atoms with E-state index in [9.17, 15) is 14.0 Å². The molecule has 0 bridgehead atoms. The Bertz CT molecular complexity index is 543. The summed E-state index contributed by atoms with van der Waals surface area (Å²) in [5.74, 6) is -0.606. The summed E-state index contributed by atoms with van der Waals surface area (Å²) in [4.78, 5) is 24.5. The van der Waals surface area contributed by atoms with Crippen molar-refractivity contribution in [3.05, 3.63) is 29.6 Å². The predicted molar refractivity (Wildman–Crippen MR) is 74.9 cm³/mol. The van der Waals surface area contributed by atoms with Gasteiger partial charge in [0.15, 0.2) is 0 Å². The molecule has 0 radical (unpaired) electrons. The number of hydrogen-bond acceptors (Lipinski definition) is 3. The highest BCUT2D eigenvalue weighted by Crippen LogP contribution is 2.23. The zero-order valence-electron chi connectivity index (χ0n) is 11.9. The number of nitrogens with zero attached hydrogens (tertiary/aromatic N) is 1. The van der Waals surface area contributed by atoms with Gasteiger partial charge in [0.2, 0.25) is 5.91 Å². The van der Waals surface area contributed by atoms with E-state index in [1.54, 1.807) is 12.1 Å². The van der Waals surface area contributed by atoms with Crippen molar-refractivity contribution >= 4 is 17.5 Å². The molecule has 2 rings (SSSR count). The molecule has 1 aliphatic heterocycles. The second-order valence-electron chi connectivity index (χ2n) is 5.42. The lowest BCUT2D eigenvalue weighted by Crippen LogP contribution is -2.48. The van der Waals surface area contributed by atoms with Gasteiger partial charge in [-0.1, -0.05) is 19.9 Å². The first-order valence-corrected chi connectivity index (χ1v) is 6.76. The number of nitrogens with one attached hydrogen (secondary N) is 1. The van der Waals surface area contributed by atoms with Crippen LogP contribution < -0.4 is 5.32 Å². The SMILES string of the molecule is CC(C)c1ccc(NC2CCC(=O)N(C)C2=O)cc1F. The molecule has 108 valence electrons. The molecule has 4 nitrogen and oxygen atoms in total. The number of halogens is 1. The largest absolute Gasteiger partial charge is 0.374 e. The van der Waals surface area contributed by atoms with Gasteiger partial charge in [0.05, 0.1) is 0 Å². The zero-order chi connectivity index (χ0) is 14.9. The summed E-state index contributed by atoms with van der Waals surface area (Å²) in [5.41, 5.74) is 1.21. The average Bonchev–Trinajstić information content (AvgIpc) is 2.39. The van der Waals surface area contributed by atoms with E-state index in [1.165, 1.54) is 13.1 Å². The van der Waals surface area contributed by atoms with Gasteiger partial charge >= 0.3 is 0 Å². The van der Waals surface area contributed by atoms with E-state index >= 15 is 0 Å². The van der Waals surface area contributed by atoms with Crippen LogP contribution in [0.25, 0.3) is 0 Å². The number of carbonyl (C=O) groups is 2. The Balaban J connectivity index is 2.13. The molecule has 1 aromatic rings. The maximum Gasteiger partial charge on any atom is 0.251 e. The van der Waals surface area contributed by atoms with Crippen molar-refractivity contribution < 1.29 is 14.0 Å². The third kappa shape index (κ3) is 2.81. The molecule has 1 N–H and O–H groups in total. The summed E-state index contributed by atoms with van der Waals surface area (Å²) in [7, 11) is 1.47. The molecular formula is C15H19FN2O2. The van der Waals surface area contributed by atoms with E-state index in [0.29, 0.717) is 24.1 Å². The molecule has 0 saturated carbocycles. The van der Waals surface area contributed by atoms with E-state index in [0.717, 1.165) is 4.90 Å². The van der Waals surface area contributed by atoms with Crippen LogP contribution in [0.2, 0.25) is 0 Å². The van der Waals surface area contributed by atoms with Gasteiger partial charge in [0, 0.05) is 19.2 Å². The highest BCUT2D eigenvalue weighted by atomic mass is 19.1.